The summed E-state index contributed by atoms with van der Waals surface area (Å²) in [6.45, 7) is 5.61. The lowest BCUT2D eigenvalue weighted by molar-refractivity contribution is 0.0981. The Kier molecular flexibility index (Phi) is 6.69. The number of nitrogens with one attached hydrogen (secondary N) is 2. The Morgan fingerprint density at radius 1 is 1.19 bits per heavy atom. The van der Waals surface area contributed by atoms with Gasteiger partial charge in [0.15, 0.2) is 5.03 Å². The van der Waals surface area contributed by atoms with Gasteiger partial charge in [-0.1, -0.05) is 17.7 Å². The molecule has 0 saturated carbocycles. The zero-order valence-electron chi connectivity index (χ0n) is 17.3. The molecule has 0 spiro atoms. The van der Waals surface area contributed by atoms with Crippen LogP contribution < -0.4 is 14.9 Å². The Morgan fingerprint density at radius 3 is 2.74 bits per heavy atom. The minimum absolute atomic E-state index is 0. The molecule has 11 heteroatoms. The molecule has 8 nitrogen and oxygen atoms in total. The summed E-state index contributed by atoms with van der Waals surface area (Å²) in [5, 5.41) is 3.20. The fourth-order valence-electron chi connectivity index (χ4n) is 4.26. The Morgan fingerprint density at radius 2 is 1.97 bits per heavy atom. The maximum Gasteiger partial charge on any atom is 0.281 e. The number of aromatic nitrogens is 2. The summed E-state index contributed by atoms with van der Waals surface area (Å²) in [6.07, 6.45) is 2.85. The third-order valence-corrected chi connectivity index (χ3v) is 7.06. The van der Waals surface area contributed by atoms with Crippen LogP contribution >= 0.6 is 24.0 Å². The van der Waals surface area contributed by atoms with E-state index in [1.165, 1.54) is 18.2 Å². The summed E-state index contributed by atoms with van der Waals surface area (Å²) < 4.78 is 27.7. The molecule has 1 fully saturated rings. The number of fused-ring (bicyclic) bond motifs is 6. The highest BCUT2D eigenvalue weighted by Crippen LogP contribution is 2.39. The second kappa shape index (κ2) is 8.80. The van der Waals surface area contributed by atoms with Crippen LogP contribution in [-0.2, 0) is 10.0 Å². The summed E-state index contributed by atoms with van der Waals surface area (Å²) in [6, 6.07) is 7.67. The van der Waals surface area contributed by atoms with Gasteiger partial charge >= 0.3 is 0 Å². The lowest BCUT2D eigenvalue weighted by Gasteiger charge is -2.33. The SMILES string of the molecule is CC1(C)CC2CCCNc3cccc(n3)S(=O)(=O)NC(=O)c3ccc(Cl)nc3N1C2.Cl. The summed E-state index contributed by atoms with van der Waals surface area (Å²) in [4.78, 5) is 23.6. The number of nitrogens with zero attached hydrogens (tertiary/aromatic N) is 3. The Bertz CT molecular complexity index is 1090. The van der Waals surface area contributed by atoms with Crippen molar-refractivity contribution in [1.82, 2.24) is 14.7 Å². The predicted octanol–water partition coefficient (Wildman–Crippen LogP) is 3.48. The molecule has 1 unspecified atom stereocenters. The Balaban J connectivity index is 0.00000272. The third-order valence-electron chi connectivity index (χ3n) is 5.62. The summed E-state index contributed by atoms with van der Waals surface area (Å²) in [7, 11) is -4.15. The van der Waals surface area contributed by atoms with E-state index >= 15 is 0 Å². The molecule has 2 N–H and O–H groups in total. The van der Waals surface area contributed by atoms with Crippen molar-refractivity contribution in [1.29, 1.82) is 0 Å². The zero-order valence-corrected chi connectivity index (χ0v) is 19.6. The third kappa shape index (κ3) is 4.88. The van der Waals surface area contributed by atoms with Crippen LogP contribution in [0.5, 0.6) is 0 Å². The maximum absolute atomic E-state index is 13.0. The van der Waals surface area contributed by atoms with E-state index in [9.17, 15) is 13.2 Å². The second-order valence-electron chi connectivity index (χ2n) is 8.36. The van der Waals surface area contributed by atoms with Gasteiger partial charge < -0.3 is 10.2 Å². The van der Waals surface area contributed by atoms with Crippen LogP contribution in [0, 0.1) is 5.92 Å². The van der Waals surface area contributed by atoms with E-state index in [1.54, 1.807) is 12.1 Å². The number of carbonyl (C=O) groups is 1. The highest BCUT2D eigenvalue weighted by molar-refractivity contribution is 7.90. The van der Waals surface area contributed by atoms with Gasteiger partial charge in [0.05, 0.1) is 5.56 Å². The molecule has 2 aliphatic heterocycles. The predicted molar refractivity (Wildman–Crippen MR) is 123 cm³/mol. The molecular formula is C20H25Cl2N5O3S. The molecule has 0 aliphatic carbocycles. The summed E-state index contributed by atoms with van der Waals surface area (Å²) in [5.41, 5.74) is -0.0760. The van der Waals surface area contributed by atoms with Gasteiger partial charge in [-0.3, -0.25) is 4.79 Å². The molecule has 2 aliphatic rings. The number of halogens is 2. The molecule has 0 radical (unpaired) electrons. The van der Waals surface area contributed by atoms with Crippen LogP contribution in [-0.4, -0.2) is 42.9 Å². The number of amides is 1. The van der Waals surface area contributed by atoms with E-state index in [2.05, 4.69) is 38.8 Å². The molecule has 1 atom stereocenters. The zero-order chi connectivity index (χ0) is 21.5. The van der Waals surface area contributed by atoms with Gasteiger partial charge in [-0.25, -0.2) is 14.7 Å². The number of sulfonamides is 1. The highest BCUT2D eigenvalue weighted by atomic mass is 35.5. The fraction of sp³-hybridized carbons (Fsp3) is 0.450. The van der Waals surface area contributed by atoms with Gasteiger partial charge in [0.2, 0.25) is 0 Å². The van der Waals surface area contributed by atoms with Crippen molar-refractivity contribution in [2.45, 2.75) is 43.7 Å². The number of hydrogen-bond donors (Lipinski definition) is 2. The average molecular weight is 486 g/mol. The molecule has 0 aromatic carbocycles. The monoisotopic (exact) mass is 485 g/mol. The van der Waals surface area contributed by atoms with Crippen LogP contribution in [0.3, 0.4) is 0 Å². The van der Waals surface area contributed by atoms with Gasteiger partial charge in [0, 0.05) is 18.6 Å². The molecule has 4 heterocycles. The number of anilines is 2. The van der Waals surface area contributed by atoms with E-state index in [-0.39, 0.29) is 33.7 Å². The number of rotatable bonds is 0. The minimum Gasteiger partial charge on any atom is -0.370 e. The molecule has 4 rings (SSSR count). The second-order valence-corrected chi connectivity index (χ2v) is 10.4. The first kappa shape index (κ1) is 23.6. The highest BCUT2D eigenvalue weighted by Gasteiger charge is 2.40. The average Bonchev–Trinajstić information content (AvgIpc) is 2.98. The van der Waals surface area contributed by atoms with Crippen LogP contribution in [0.25, 0.3) is 0 Å². The molecule has 31 heavy (non-hydrogen) atoms. The number of carbonyl (C=O) groups excluding carboxylic acids is 1. The lowest BCUT2D eigenvalue weighted by atomic mass is 9.93. The van der Waals surface area contributed by atoms with E-state index < -0.39 is 15.9 Å². The molecule has 2 aromatic rings. The quantitative estimate of drug-likeness (QED) is 0.550. The molecule has 1 amide bonds. The molecular weight excluding hydrogens is 461 g/mol. The van der Waals surface area contributed by atoms with Crippen LogP contribution in [0.2, 0.25) is 5.15 Å². The van der Waals surface area contributed by atoms with Gasteiger partial charge in [-0.15, -0.1) is 12.4 Å². The summed E-state index contributed by atoms with van der Waals surface area (Å²) >= 11 is 6.14. The van der Waals surface area contributed by atoms with E-state index in [0.29, 0.717) is 24.1 Å². The Hall–Kier alpha value is -2.10. The maximum atomic E-state index is 13.0. The first-order valence-electron chi connectivity index (χ1n) is 9.88. The molecule has 4 bridgehead atoms. The number of pyridine rings is 2. The topological polar surface area (TPSA) is 104 Å². The molecule has 168 valence electrons. The van der Waals surface area contributed by atoms with E-state index in [0.717, 1.165) is 25.8 Å². The fourth-order valence-corrected chi connectivity index (χ4v) is 5.34. The molecule has 2 aromatic heterocycles. The van der Waals surface area contributed by atoms with Crippen molar-refractivity contribution in [3.63, 3.8) is 0 Å². The largest absolute Gasteiger partial charge is 0.370 e. The van der Waals surface area contributed by atoms with Gasteiger partial charge in [0.25, 0.3) is 15.9 Å². The van der Waals surface area contributed by atoms with Crippen molar-refractivity contribution < 1.29 is 13.2 Å². The Labute approximate surface area is 193 Å². The van der Waals surface area contributed by atoms with Crippen molar-refractivity contribution in [2.24, 2.45) is 5.92 Å². The van der Waals surface area contributed by atoms with Crippen LogP contribution in [0.4, 0.5) is 11.6 Å². The van der Waals surface area contributed by atoms with Crippen LogP contribution in [0.1, 0.15) is 43.5 Å². The smallest absolute Gasteiger partial charge is 0.281 e. The van der Waals surface area contributed by atoms with Crippen molar-refractivity contribution >= 4 is 51.6 Å². The standard InChI is InChI=1S/C20H24ClN5O3S.ClH/c1-20(2)11-13-5-4-10-22-16-6-3-7-17(24-16)30(28,29)25-19(27)14-8-9-15(21)23-18(14)26(20)12-13;/h3,6-9,13H,4-5,10-12H2,1-2H3,(H,22,24)(H,25,27);1H. The van der Waals surface area contributed by atoms with Gasteiger partial charge in [0.1, 0.15) is 16.8 Å². The summed E-state index contributed by atoms with van der Waals surface area (Å²) in [5.74, 6) is 0.523. The van der Waals surface area contributed by atoms with Crippen molar-refractivity contribution in [2.75, 3.05) is 23.3 Å². The first-order valence-corrected chi connectivity index (χ1v) is 11.7. The van der Waals surface area contributed by atoms with E-state index in [4.69, 9.17) is 11.6 Å². The van der Waals surface area contributed by atoms with Crippen molar-refractivity contribution in [3.05, 3.63) is 41.0 Å². The number of hydrogen-bond acceptors (Lipinski definition) is 7. The van der Waals surface area contributed by atoms with Gasteiger partial charge in [-0.05, 0) is 63.3 Å². The van der Waals surface area contributed by atoms with Gasteiger partial charge in [-0.2, -0.15) is 8.42 Å². The lowest BCUT2D eigenvalue weighted by Crippen LogP contribution is -2.41. The molecule has 1 saturated heterocycles. The van der Waals surface area contributed by atoms with Crippen molar-refractivity contribution in [3.8, 4) is 0 Å². The normalized spacial score (nSPS) is 22.1. The first-order chi connectivity index (χ1) is 14.2. The van der Waals surface area contributed by atoms with E-state index in [1.807, 2.05) is 0 Å². The minimum atomic E-state index is -4.15. The van der Waals surface area contributed by atoms with Crippen LogP contribution in [0.15, 0.2) is 35.4 Å².